The zero-order valence-corrected chi connectivity index (χ0v) is 12.2. The first-order valence-electron chi connectivity index (χ1n) is 6.73. The molecule has 1 atom stereocenters. The molecule has 0 bridgehead atoms. The molecule has 0 spiro atoms. The lowest BCUT2D eigenvalue weighted by Gasteiger charge is -2.24. The molecular formula is C15H20BrFO. The van der Waals surface area contributed by atoms with Crippen molar-refractivity contribution >= 4 is 15.9 Å². The molecule has 1 fully saturated rings. The van der Waals surface area contributed by atoms with Crippen LogP contribution in [0.2, 0.25) is 0 Å². The molecule has 0 aromatic heterocycles. The first-order valence-corrected chi connectivity index (χ1v) is 7.85. The average Bonchev–Trinajstić information content (AvgIpc) is 2.42. The molecule has 1 aromatic rings. The lowest BCUT2D eigenvalue weighted by Crippen LogP contribution is -2.17. The molecule has 3 heteroatoms. The van der Waals surface area contributed by atoms with E-state index < -0.39 is 0 Å². The van der Waals surface area contributed by atoms with E-state index in [1.165, 1.54) is 38.2 Å². The van der Waals surface area contributed by atoms with Crippen molar-refractivity contribution in [2.75, 3.05) is 11.9 Å². The molecule has 1 saturated carbocycles. The van der Waals surface area contributed by atoms with E-state index in [1.54, 1.807) is 6.07 Å². The van der Waals surface area contributed by atoms with Crippen molar-refractivity contribution in [3.63, 3.8) is 0 Å². The van der Waals surface area contributed by atoms with Gasteiger partial charge in [0.05, 0.1) is 12.7 Å². The van der Waals surface area contributed by atoms with Crippen LogP contribution in [0, 0.1) is 11.7 Å². The van der Waals surface area contributed by atoms with Crippen LogP contribution in [0.15, 0.2) is 24.3 Å². The fraction of sp³-hybridized carbons (Fsp3) is 0.600. The SMILES string of the molecule is Fc1ccccc1C(CBr)OCC1CCCCC1. The molecule has 1 aromatic carbocycles. The largest absolute Gasteiger partial charge is 0.372 e. The first kappa shape index (κ1) is 14.0. The van der Waals surface area contributed by atoms with Gasteiger partial charge in [0.1, 0.15) is 5.82 Å². The topological polar surface area (TPSA) is 9.23 Å². The highest BCUT2D eigenvalue weighted by Gasteiger charge is 2.19. The van der Waals surface area contributed by atoms with Crippen LogP contribution in [0.1, 0.15) is 43.8 Å². The van der Waals surface area contributed by atoms with Crippen molar-refractivity contribution in [2.45, 2.75) is 38.2 Å². The molecule has 0 saturated heterocycles. The van der Waals surface area contributed by atoms with Crippen LogP contribution in [0.3, 0.4) is 0 Å². The molecule has 1 aliphatic rings. The van der Waals surface area contributed by atoms with Crippen LogP contribution >= 0.6 is 15.9 Å². The van der Waals surface area contributed by atoms with Gasteiger partial charge >= 0.3 is 0 Å². The van der Waals surface area contributed by atoms with Gasteiger partial charge < -0.3 is 4.74 Å². The van der Waals surface area contributed by atoms with E-state index in [0.717, 1.165) is 6.61 Å². The van der Waals surface area contributed by atoms with E-state index >= 15 is 0 Å². The van der Waals surface area contributed by atoms with Gasteiger partial charge in [-0.25, -0.2) is 4.39 Å². The van der Waals surface area contributed by atoms with Crippen LogP contribution in [0.25, 0.3) is 0 Å². The maximum absolute atomic E-state index is 13.7. The van der Waals surface area contributed by atoms with Crippen LogP contribution in [0.5, 0.6) is 0 Å². The minimum Gasteiger partial charge on any atom is -0.372 e. The Hall–Kier alpha value is -0.410. The predicted octanol–water partition coefficient (Wildman–Crippen LogP) is 4.86. The lowest BCUT2D eigenvalue weighted by molar-refractivity contribution is 0.0317. The molecule has 1 nitrogen and oxygen atoms in total. The van der Waals surface area contributed by atoms with Gasteiger partial charge in [0.25, 0.3) is 0 Å². The molecule has 1 aliphatic carbocycles. The Labute approximate surface area is 117 Å². The van der Waals surface area contributed by atoms with Gasteiger partial charge in [-0.05, 0) is 24.8 Å². The van der Waals surface area contributed by atoms with E-state index in [0.29, 0.717) is 16.8 Å². The smallest absolute Gasteiger partial charge is 0.129 e. The second kappa shape index (κ2) is 7.25. The summed E-state index contributed by atoms with van der Waals surface area (Å²) >= 11 is 3.42. The minimum atomic E-state index is -0.175. The van der Waals surface area contributed by atoms with E-state index in [2.05, 4.69) is 15.9 Å². The monoisotopic (exact) mass is 314 g/mol. The van der Waals surface area contributed by atoms with E-state index in [9.17, 15) is 4.39 Å². The van der Waals surface area contributed by atoms with Gasteiger partial charge in [0.2, 0.25) is 0 Å². The fourth-order valence-electron chi connectivity index (χ4n) is 2.56. The van der Waals surface area contributed by atoms with E-state index in [-0.39, 0.29) is 11.9 Å². The van der Waals surface area contributed by atoms with Gasteiger partial charge in [-0.3, -0.25) is 0 Å². The van der Waals surface area contributed by atoms with Crippen molar-refractivity contribution in [1.82, 2.24) is 0 Å². The molecule has 0 amide bonds. The van der Waals surface area contributed by atoms with Crippen molar-refractivity contribution in [3.05, 3.63) is 35.6 Å². The highest BCUT2D eigenvalue weighted by molar-refractivity contribution is 9.09. The molecule has 0 heterocycles. The lowest BCUT2D eigenvalue weighted by atomic mass is 9.90. The first-order chi connectivity index (χ1) is 8.81. The molecule has 0 radical (unpaired) electrons. The summed E-state index contributed by atoms with van der Waals surface area (Å²) in [5.74, 6) is 0.484. The zero-order chi connectivity index (χ0) is 12.8. The summed E-state index contributed by atoms with van der Waals surface area (Å²) in [7, 11) is 0. The van der Waals surface area contributed by atoms with Crippen molar-refractivity contribution in [3.8, 4) is 0 Å². The average molecular weight is 315 g/mol. The maximum atomic E-state index is 13.7. The summed E-state index contributed by atoms with van der Waals surface area (Å²) in [5, 5.41) is 0.640. The Morgan fingerprint density at radius 3 is 2.61 bits per heavy atom. The summed E-state index contributed by atoms with van der Waals surface area (Å²) in [6.45, 7) is 0.755. The quantitative estimate of drug-likeness (QED) is 0.705. The van der Waals surface area contributed by atoms with Crippen molar-refractivity contribution in [2.24, 2.45) is 5.92 Å². The summed E-state index contributed by atoms with van der Waals surface area (Å²) in [4.78, 5) is 0. The van der Waals surface area contributed by atoms with Gasteiger partial charge in [-0.2, -0.15) is 0 Å². The number of hydrogen-bond acceptors (Lipinski definition) is 1. The minimum absolute atomic E-state index is 0.173. The number of halogens is 2. The van der Waals surface area contributed by atoms with Crippen molar-refractivity contribution in [1.29, 1.82) is 0 Å². The maximum Gasteiger partial charge on any atom is 0.129 e. The number of hydrogen-bond donors (Lipinski definition) is 0. The van der Waals surface area contributed by atoms with E-state index in [4.69, 9.17) is 4.74 Å². The van der Waals surface area contributed by atoms with E-state index in [1.807, 2.05) is 12.1 Å². The summed E-state index contributed by atoms with van der Waals surface area (Å²) < 4.78 is 19.6. The Morgan fingerprint density at radius 1 is 1.22 bits per heavy atom. The predicted molar refractivity (Wildman–Crippen MR) is 75.5 cm³/mol. The van der Waals surface area contributed by atoms with Crippen LogP contribution in [0.4, 0.5) is 4.39 Å². The van der Waals surface area contributed by atoms with Gasteiger partial charge in [-0.1, -0.05) is 53.4 Å². The summed E-state index contributed by atoms with van der Waals surface area (Å²) in [6.07, 6.45) is 6.32. The Morgan fingerprint density at radius 2 is 1.94 bits per heavy atom. The molecule has 0 aliphatic heterocycles. The normalized spacial score (nSPS) is 18.8. The number of ether oxygens (including phenoxy) is 1. The third-order valence-corrected chi connectivity index (χ3v) is 4.24. The zero-order valence-electron chi connectivity index (χ0n) is 10.6. The van der Waals surface area contributed by atoms with Gasteiger partial charge in [-0.15, -0.1) is 0 Å². The molecule has 18 heavy (non-hydrogen) atoms. The Bertz CT molecular complexity index is 363. The second-order valence-corrected chi connectivity index (χ2v) is 5.65. The highest BCUT2D eigenvalue weighted by Crippen LogP contribution is 2.28. The number of rotatable bonds is 5. The molecular weight excluding hydrogens is 295 g/mol. The van der Waals surface area contributed by atoms with Crippen LogP contribution < -0.4 is 0 Å². The molecule has 0 N–H and O–H groups in total. The molecule has 100 valence electrons. The molecule has 2 rings (SSSR count). The highest BCUT2D eigenvalue weighted by atomic mass is 79.9. The summed E-state index contributed by atoms with van der Waals surface area (Å²) in [6, 6.07) is 6.88. The molecule has 1 unspecified atom stereocenters. The second-order valence-electron chi connectivity index (χ2n) is 5.00. The van der Waals surface area contributed by atoms with Crippen LogP contribution in [-0.4, -0.2) is 11.9 Å². The third-order valence-electron chi connectivity index (χ3n) is 3.65. The fourth-order valence-corrected chi connectivity index (χ4v) is 3.10. The third kappa shape index (κ3) is 3.79. The number of alkyl halides is 1. The Balaban J connectivity index is 1.91. The standard InChI is InChI=1S/C15H20BrFO/c16-10-15(13-8-4-5-9-14(13)17)18-11-12-6-2-1-3-7-12/h4-5,8-9,12,15H,1-3,6-7,10-11H2. The van der Waals surface area contributed by atoms with Gasteiger partial charge in [0.15, 0.2) is 0 Å². The van der Waals surface area contributed by atoms with Gasteiger partial charge in [0, 0.05) is 10.9 Å². The summed E-state index contributed by atoms with van der Waals surface area (Å²) in [5.41, 5.74) is 0.658. The van der Waals surface area contributed by atoms with Crippen LogP contribution in [-0.2, 0) is 4.74 Å². The van der Waals surface area contributed by atoms with Crippen molar-refractivity contribution < 1.29 is 9.13 Å². The Kier molecular flexibility index (Phi) is 5.64. The number of benzene rings is 1.